The summed E-state index contributed by atoms with van der Waals surface area (Å²) < 4.78 is 6.13. The minimum absolute atomic E-state index is 0.0561. The van der Waals surface area contributed by atoms with E-state index in [1.165, 1.54) is 22.3 Å². The molecule has 1 heterocycles. The van der Waals surface area contributed by atoms with Crippen LogP contribution in [0.4, 0.5) is 11.4 Å². The maximum Gasteiger partial charge on any atom is 0.136 e. The van der Waals surface area contributed by atoms with Crippen LogP contribution in [0.3, 0.4) is 0 Å². The number of anilines is 2. The molecule has 0 atom stereocenters. The SMILES string of the molecule is CC1(C)c2ccccc2-c2cccc(Nc3cccc(-c4ccc5c(c4)oc4ccccc45)c3)c21. The van der Waals surface area contributed by atoms with Gasteiger partial charge in [0.1, 0.15) is 11.2 Å². The highest BCUT2D eigenvalue weighted by Crippen LogP contribution is 2.51. The lowest BCUT2D eigenvalue weighted by Gasteiger charge is -2.25. The summed E-state index contributed by atoms with van der Waals surface area (Å²) in [6, 6.07) is 38.7. The van der Waals surface area contributed by atoms with Gasteiger partial charge in [0, 0.05) is 27.6 Å². The lowest BCUT2D eigenvalue weighted by molar-refractivity contribution is 0.662. The average molecular weight is 452 g/mol. The Kier molecular flexibility index (Phi) is 4.22. The third-order valence-electron chi connectivity index (χ3n) is 7.43. The van der Waals surface area contributed by atoms with Gasteiger partial charge in [0.25, 0.3) is 0 Å². The van der Waals surface area contributed by atoms with Crippen molar-refractivity contribution in [1.29, 1.82) is 0 Å². The second-order valence-corrected chi connectivity index (χ2v) is 9.91. The van der Waals surface area contributed by atoms with Gasteiger partial charge in [-0.05, 0) is 69.8 Å². The van der Waals surface area contributed by atoms with Crippen LogP contribution < -0.4 is 5.32 Å². The summed E-state index contributed by atoms with van der Waals surface area (Å²) in [6.45, 7) is 4.64. The molecule has 0 bridgehead atoms. The summed E-state index contributed by atoms with van der Waals surface area (Å²) in [5, 5.41) is 6.05. The van der Waals surface area contributed by atoms with Gasteiger partial charge in [-0.2, -0.15) is 0 Å². The molecular weight excluding hydrogens is 426 g/mol. The van der Waals surface area contributed by atoms with Gasteiger partial charge < -0.3 is 9.73 Å². The number of nitrogens with one attached hydrogen (secondary N) is 1. The molecule has 0 aliphatic heterocycles. The number of fused-ring (bicyclic) bond motifs is 6. The maximum atomic E-state index is 6.13. The summed E-state index contributed by atoms with van der Waals surface area (Å²) in [7, 11) is 0. The van der Waals surface area contributed by atoms with Crippen LogP contribution >= 0.6 is 0 Å². The van der Waals surface area contributed by atoms with Crippen LogP contribution in [0.1, 0.15) is 25.0 Å². The Hall–Kier alpha value is -4.30. The predicted octanol–water partition coefficient (Wildman–Crippen LogP) is 9.30. The number of rotatable bonds is 3. The fourth-order valence-corrected chi connectivity index (χ4v) is 5.79. The fraction of sp³-hybridized carbons (Fsp3) is 0.0909. The number of hydrogen-bond donors (Lipinski definition) is 1. The number of furan rings is 1. The van der Waals surface area contributed by atoms with Gasteiger partial charge in [0.05, 0.1) is 0 Å². The normalized spacial score (nSPS) is 13.7. The van der Waals surface area contributed by atoms with E-state index in [1.54, 1.807) is 0 Å². The van der Waals surface area contributed by atoms with Gasteiger partial charge in [-0.25, -0.2) is 0 Å². The molecule has 7 rings (SSSR count). The Morgan fingerprint density at radius 3 is 2.29 bits per heavy atom. The first kappa shape index (κ1) is 20.1. The molecular formula is C33H25NO. The third kappa shape index (κ3) is 3.03. The minimum Gasteiger partial charge on any atom is -0.456 e. The van der Waals surface area contributed by atoms with Crippen LogP contribution in [0, 0.1) is 0 Å². The second kappa shape index (κ2) is 7.35. The largest absolute Gasteiger partial charge is 0.456 e. The summed E-state index contributed by atoms with van der Waals surface area (Å²) in [6.07, 6.45) is 0. The lowest BCUT2D eigenvalue weighted by atomic mass is 9.81. The molecule has 1 N–H and O–H groups in total. The van der Waals surface area contributed by atoms with Crippen molar-refractivity contribution in [2.45, 2.75) is 19.3 Å². The summed E-state index contributed by atoms with van der Waals surface area (Å²) in [4.78, 5) is 0. The number of para-hydroxylation sites is 1. The number of hydrogen-bond acceptors (Lipinski definition) is 2. The maximum absolute atomic E-state index is 6.13. The van der Waals surface area contributed by atoms with Crippen molar-refractivity contribution in [3.05, 3.63) is 120 Å². The van der Waals surface area contributed by atoms with Crippen molar-refractivity contribution in [2.75, 3.05) is 5.32 Å². The van der Waals surface area contributed by atoms with E-state index in [0.717, 1.165) is 44.4 Å². The molecule has 2 nitrogen and oxygen atoms in total. The van der Waals surface area contributed by atoms with Crippen LogP contribution in [0.5, 0.6) is 0 Å². The molecule has 0 saturated heterocycles. The quantitative estimate of drug-likeness (QED) is 0.290. The van der Waals surface area contributed by atoms with Gasteiger partial charge in [-0.15, -0.1) is 0 Å². The highest BCUT2D eigenvalue weighted by molar-refractivity contribution is 6.05. The van der Waals surface area contributed by atoms with E-state index in [9.17, 15) is 0 Å². The first-order valence-electron chi connectivity index (χ1n) is 12.1. The van der Waals surface area contributed by atoms with Crippen molar-refractivity contribution in [3.63, 3.8) is 0 Å². The lowest BCUT2D eigenvalue weighted by Crippen LogP contribution is -2.16. The van der Waals surface area contributed by atoms with E-state index in [4.69, 9.17) is 4.42 Å². The molecule has 0 saturated carbocycles. The molecule has 0 radical (unpaired) electrons. The van der Waals surface area contributed by atoms with E-state index in [0.29, 0.717) is 0 Å². The minimum atomic E-state index is -0.0561. The molecule has 0 unspecified atom stereocenters. The summed E-state index contributed by atoms with van der Waals surface area (Å²) >= 11 is 0. The Morgan fingerprint density at radius 1 is 0.600 bits per heavy atom. The monoisotopic (exact) mass is 451 g/mol. The average Bonchev–Trinajstić information content (AvgIpc) is 3.37. The molecule has 35 heavy (non-hydrogen) atoms. The smallest absolute Gasteiger partial charge is 0.136 e. The van der Waals surface area contributed by atoms with Crippen LogP contribution in [-0.2, 0) is 5.41 Å². The van der Waals surface area contributed by atoms with Crippen LogP contribution in [0.2, 0.25) is 0 Å². The standard InChI is InChI=1S/C33H25NO/c1-33(2)28-14-5-3-11-24(28)27-13-8-15-29(32(27)33)34-23-10-7-9-21(19-23)22-17-18-26-25-12-4-6-16-30(25)35-31(26)20-22/h3-20,34H,1-2H3. The van der Waals surface area contributed by atoms with E-state index in [1.807, 2.05) is 12.1 Å². The molecule has 1 aliphatic carbocycles. The van der Waals surface area contributed by atoms with E-state index in [2.05, 4.69) is 116 Å². The van der Waals surface area contributed by atoms with Crippen molar-refractivity contribution < 1.29 is 4.42 Å². The first-order valence-corrected chi connectivity index (χ1v) is 12.1. The number of benzene rings is 5. The van der Waals surface area contributed by atoms with Crippen molar-refractivity contribution in [2.24, 2.45) is 0 Å². The van der Waals surface area contributed by atoms with Crippen LogP contribution in [0.15, 0.2) is 114 Å². The fourth-order valence-electron chi connectivity index (χ4n) is 5.79. The Balaban J connectivity index is 1.28. The third-order valence-corrected chi connectivity index (χ3v) is 7.43. The van der Waals surface area contributed by atoms with E-state index >= 15 is 0 Å². The van der Waals surface area contributed by atoms with E-state index < -0.39 is 0 Å². The molecule has 6 aromatic rings. The van der Waals surface area contributed by atoms with Crippen LogP contribution in [0.25, 0.3) is 44.2 Å². The molecule has 5 aromatic carbocycles. The van der Waals surface area contributed by atoms with E-state index in [-0.39, 0.29) is 5.41 Å². The van der Waals surface area contributed by atoms with Crippen molar-refractivity contribution in [1.82, 2.24) is 0 Å². The van der Waals surface area contributed by atoms with Gasteiger partial charge in [-0.3, -0.25) is 0 Å². The Labute approximate surface area is 204 Å². The zero-order valence-corrected chi connectivity index (χ0v) is 19.8. The van der Waals surface area contributed by atoms with Gasteiger partial charge in [-0.1, -0.05) is 86.6 Å². The zero-order valence-electron chi connectivity index (χ0n) is 19.8. The van der Waals surface area contributed by atoms with Gasteiger partial charge in [0.15, 0.2) is 0 Å². The first-order chi connectivity index (χ1) is 17.1. The molecule has 0 fully saturated rings. The summed E-state index contributed by atoms with van der Waals surface area (Å²) in [5.41, 5.74) is 11.7. The van der Waals surface area contributed by atoms with Gasteiger partial charge >= 0.3 is 0 Å². The Bertz CT molecular complexity index is 1750. The van der Waals surface area contributed by atoms with Gasteiger partial charge in [0.2, 0.25) is 0 Å². The molecule has 168 valence electrons. The molecule has 0 spiro atoms. The molecule has 1 aromatic heterocycles. The topological polar surface area (TPSA) is 25.2 Å². The van der Waals surface area contributed by atoms with Crippen molar-refractivity contribution >= 4 is 33.3 Å². The molecule has 2 heteroatoms. The zero-order chi connectivity index (χ0) is 23.6. The molecule has 1 aliphatic rings. The highest BCUT2D eigenvalue weighted by Gasteiger charge is 2.37. The second-order valence-electron chi connectivity index (χ2n) is 9.91. The summed E-state index contributed by atoms with van der Waals surface area (Å²) in [5.74, 6) is 0. The highest BCUT2D eigenvalue weighted by atomic mass is 16.3. The van der Waals surface area contributed by atoms with Crippen molar-refractivity contribution in [3.8, 4) is 22.3 Å². The van der Waals surface area contributed by atoms with Crippen LogP contribution in [-0.4, -0.2) is 0 Å². The predicted molar refractivity (Wildman–Crippen MR) is 146 cm³/mol. The Morgan fingerprint density at radius 2 is 1.34 bits per heavy atom. The molecule has 0 amide bonds.